The monoisotopic (exact) mass is 421 g/mol. The van der Waals surface area contributed by atoms with Gasteiger partial charge in [0.2, 0.25) is 0 Å². The molecule has 3 aromatic carbocycles. The number of hydrogen-bond donors (Lipinski definition) is 1. The van der Waals surface area contributed by atoms with Gasteiger partial charge in [0.05, 0.1) is 23.1 Å². The molecule has 0 fully saturated rings. The molecule has 3 heterocycles. The Morgan fingerprint density at radius 3 is 2.66 bits per heavy atom. The van der Waals surface area contributed by atoms with Gasteiger partial charge in [-0.15, -0.1) is 0 Å². The van der Waals surface area contributed by atoms with E-state index in [0.29, 0.717) is 6.61 Å². The lowest BCUT2D eigenvalue weighted by molar-refractivity contribution is 0.331. The molecular formula is C26H23N5O. The lowest BCUT2D eigenvalue weighted by Gasteiger charge is -2.23. The predicted octanol–water partition coefficient (Wildman–Crippen LogP) is 5.19. The third-order valence-electron chi connectivity index (χ3n) is 5.97. The summed E-state index contributed by atoms with van der Waals surface area (Å²) in [6, 6.07) is 21.0. The maximum Gasteiger partial charge on any atom is 0.140 e. The van der Waals surface area contributed by atoms with Crippen molar-refractivity contribution in [3.8, 4) is 16.9 Å². The lowest BCUT2D eigenvalue weighted by Crippen LogP contribution is -2.26. The van der Waals surface area contributed by atoms with E-state index in [0.717, 1.165) is 74.9 Å². The molecule has 0 radical (unpaired) electrons. The van der Waals surface area contributed by atoms with E-state index in [1.807, 2.05) is 32.0 Å². The Kier molecular flexibility index (Phi) is 4.31. The zero-order chi connectivity index (χ0) is 21.7. The van der Waals surface area contributed by atoms with Crippen molar-refractivity contribution in [2.24, 2.45) is 0 Å². The number of anilines is 1. The number of ether oxygens (including phenoxy) is 1. The number of imidazole rings is 1. The Morgan fingerprint density at radius 2 is 1.72 bits per heavy atom. The van der Waals surface area contributed by atoms with E-state index in [4.69, 9.17) is 9.72 Å². The van der Waals surface area contributed by atoms with Crippen LogP contribution < -0.4 is 9.64 Å². The van der Waals surface area contributed by atoms with Gasteiger partial charge in [-0.05, 0) is 61.4 Å². The summed E-state index contributed by atoms with van der Waals surface area (Å²) in [6.07, 6.45) is 0. The van der Waals surface area contributed by atoms with Crippen molar-refractivity contribution in [3.63, 3.8) is 0 Å². The molecule has 0 saturated heterocycles. The second-order valence-electron chi connectivity index (χ2n) is 8.26. The summed E-state index contributed by atoms with van der Waals surface area (Å²) < 4.78 is 6.11. The van der Waals surface area contributed by atoms with Crippen LogP contribution in [0.25, 0.3) is 33.1 Å². The number of nitrogens with zero attached hydrogens (tertiary/aromatic N) is 4. The second-order valence-corrected chi connectivity index (χ2v) is 8.26. The largest absolute Gasteiger partial charge is 0.491 e. The van der Waals surface area contributed by atoms with Crippen LogP contribution in [0.5, 0.6) is 5.75 Å². The number of benzene rings is 3. The zero-order valence-electron chi connectivity index (χ0n) is 18.1. The summed E-state index contributed by atoms with van der Waals surface area (Å²) in [5, 5.41) is 1.07. The first-order valence-electron chi connectivity index (χ1n) is 10.8. The van der Waals surface area contributed by atoms with Crippen molar-refractivity contribution in [1.29, 1.82) is 0 Å². The molecule has 0 unspecified atom stereocenters. The maximum atomic E-state index is 6.11. The van der Waals surface area contributed by atoms with Crippen LogP contribution in [-0.4, -0.2) is 33.1 Å². The summed E-state index contributed by atoms with van der Waals surface area (Å²) in [7, 11) is 0. The van der Waals surface area contributed by atoms with Gasteiger partial charge in [-0.2, -0.15) is 0 Å². The standard InChI is InChI=1S/C26H23N5O/c1-16-28-23-9-7-19(14-24(23)29-16)18-8-10-25-20(13-18)15-31(11-12-32-25)26-21-5-3-4-6-22(21)27-17(2)30-26/h3-10,13-14H,11-12,15H2,1-2H3,(H,28,29). The van der Waals surface area contributed by atoms with Crippen LogP contribution in [0.4, 0.5) is 5.82 Å². The summed E-state index contributed by atoms with van der Waals surface area (Å²) in [5.74, 6) is 3.60. The average molecular weight is 422 g/mol. The number of para-hydroxylation sites is 1. The van der Waals surface area contributed by atoms with Crippen molar-refractivity contribution in [1.82, 2.24) is 19.9 Å². The minimum absolute atomic E-state index is 0.614. The van der Waals surface area contributed by atoms with Crippen LogP contribution in [0.3, 0.4) is 0 Å². The van der Waals surface area contributed by atoms with E-state index in [1.54, 1.807) is 0 Å². The summed E-state index contributed by atoms with van der Waals surface area (Å²) in [6.45, 7) is 6.04. The van der Waals surface area contributed by atoms with Gasteiger partial charge in [0.1, 0.15) is 29.8 Å². The Bertz CT molecular complexity index is 1470. The maximum absolute atomic E-state index is 6.11. The fourth-order valence-electron chi connectivity index (χ4n) is 4.49. The molecule has 6 nitrogen and oxygen atoms in total. The van der Waals surface area contributed by atoms with E-state index in [9.17, 15) is 0 Å². The van der Waals surface area contributed by atoms with Crippen LogP contribution in [0.1, 0.15) is 17.2 Å². The topological polar surface area (TPSA) is 66.9 Å². The van der Waals surface area contributed by atoms with E-state index in [2.05, 4.69) is 62.3 Å². The highest BCUT2D eigenvalue weighted by atomic mass is 16.5. The molecule has 0 aliphatic carbocycles. The molecule has 1 aliphatic rings. The zero-order valence-corrected chi connectivity index (χ0v) is 18.1. The van der Waals surface area contributed by atoms with Crippen LogP contribution in [-0.2, 0) is 6.54 Å². The Morgan fingerprint density at radius 1 is 0.875 bits per heavy atom. The number of aryl methyl sites for hydroxylation is 2. The third-order valence-corrected chi connectivity index (χ3v) is 5.97. The molecular weight excluding hydrogens is 398 g/mol. The molecule has 5 aromatic rings. The highest BCUT2D eigenvalue weighted by molar-refractivity contribution is 5.89. The van der Waals surface area contributed by atoms with E-state index in [-0.39, 0.29) is 0 Å². The number of aromatic amines is 1. The molecule has 1 aliphatic heterocycles. The second kappa shape index (κ2) is 7.34. The Hall–Kier alpha value is -3.93. The van der Waals surface area contributed by atoms with Crippen LogP contribution >= 0.6 is 0 Å². The molecule has 0 spiro atoms. The lowest BCUT2D eigenvalue weighted by atomic mass is 10.0. The average Bonchev–Trinajstić information content (AvgIpc) is 3.04. The first-order chi connectivity index (χ1) is 15.6. The summed E-state index contributed by atoms with van der Waals surface area (Å²) >= 11 is 0. The molecule has 6 heteroatoms. The van der Waals surface area contributed by atoms with E-state index < -0.39 is 0 Å². The number of H-pyrrole nitrogens is 1. The molecule has 158 valence electrons. The molecule has 0 atom stereocenters. The number of fused-ring (bicyclic) bond motifs is 3. The van der Waals surface area contributed by atoms with E-state index in [1.165, 1.54) is 0 Å². The fraction of sp³-hybridized carbons (Fsp3) is 0.192. The van der Waals surface area contributed by atoms with Gasteiger partial charge in [-0.3, -0.25) is 0 Å². The first-order valence-corrected chi connectivity index (χ1v) is 10.8. The Balaban J connectivity index is 1.41. The number of rotatable bonds is 2. The summed E-state index contributed by atoms with van der Waals surface area (Å²) in [5.41, 5.74) is 6.48. The highest BCUT2D eigenvalue weighted by Gasteiger charge is 2.20. The van der Waals surface area contributed by atoms with Crippen LogP contribution in [0.2, 0.25) is 0 Å². The van der Waals surface area contributed by atoms with Gasteiger partial charge in [-0.1, -0.05) is 24.3 Å². The molecule has 6 rings (SSSR count). The minimum atomic E-state index is 0.614. The third kappa shape index (κ3) is 3.24. The first kappa shape index (κ1) is 18.8. The van der Waals surface area contributed by atoms with Gasteiger partial charge in [0, 0.05) is 17.5 Å². The van der Waals surface area contributed by atoms with Gasteiger partial charge < -0.3 is 14.6 Å². The van der Waals surface area contributed by atoms with Crippen molar-refractivity contribution in [3.05, 3.63) is 77.9 Å². The summed E-state index contributed by atoms with van der Waals surface area (Å²) in [4.78, 5) is 19.6. The van der Waals surface area contributed by atoms with E-state index >= 15 is 0 Å². The number of nitrogens with one attached hydrogen (secondary N) is 1. The normalized spacial score (nSPS) is 13.8. The van der Waals surface area contributed by atoms with Crippen LogP contribution in [0, 0.1) is 13.8 Å². The van der Waals surface area contributed by atoms with Crippen molar-refractivity contribution < 1.29 is 4.74 Å². The highest BCUT2D eigenvalue weighted by Crippen LogP contribution is 2.33. The van der Waals surface area contributed by atoms with Gasteiger partial charge >= 0.3 is 0 Å². The van der Waals surface area contributed by atoms with Crippen LogP contribution in [0.15, 0.2) is 60.7 Å². The molecule has 32 heavy (non-hydrogen) atoms. The fourth-order valence-corrected chi connectivity index (χ4v) is 4.49. The molecule has 1 N–H and O–H groups in total. The van der Waals surface area contributed by atoms with Gasteiger partial charge in [0.25, 0.3) is 0 Å². The molecule has 0 amide bonds. The quantitative estimate of drug-likeness (QED) is 0.425. The predicted molar refractivity (Wildman–Crippen MR) is 127 cm³/mol. The Labute approximate surface area is 185 Å². The van der Waals surface area contributed by atoms with Crippen molar-refractivity contribution in [2.75, 3.05) is 18.1 Å². The number of aromatic nitrogens is 4. The molecule has 0 saturated carbocycles. The number of hydrogen-bond acceptors (Lipinski definition) is 5. The smallest absolute Gasteiger partial charge is 0.140 e. The SMILES string of the molecule is Cc1nc(N2CCOc3ccc(-c4ccc5nc(C)[nH]c5c4)cc3C2)c2ccccc2n1. The van der Waals surface area contributed by atoms with Gasteiger partial charge in [-0.25, -0.2) is 15.0 Å². The minimum Gasteiger partial charge on any atom is -0.491 e. The van der Waals surface area contributed by atoms with Gasteiger partial charge in [0.15, 0.2) is 0 Å². The molecule has 2 aromatic heterocycles. The van der Waals surface area contributed by atoms with Crippen molar-refractivity contribution >= 4 is 27.8 Å². The molecule has 0 bridgehead atoms. The van der Waals surface area contributed by atoms with Crippen molar-refractivity contribution in [2.45, 2.75) is 20.4 Å².